The molecule has 2 N–H and O–H groups in total. The van der Waals surface area contributed by atoms with Gasteiger partial charge in [0, 0.05) is 52.0 Å². The molecule has 0 saturated carbocycles. The number of halogens is 1. The van der Waals surface area contributed by atoms with E-state index in [-0.39, 0.29) is 36.1 Å². The number of hydrogen-bond donors (Lipinski definition) is 2. The lowest BCUT2D eigenvalue weighted by atomic mass is 10.2. The van der Waals surface area contributed by atoms with Crippen LogP contribution in [0, 0.1) is 0 Å². The number of alkyl carbamates (subject to hydrolysis) is 1. The number of hydrogen-bond acceptors (Lipinski definition) is 4. The van der Waals surface area contributed by atoms with Crippen LogP contribution in [0.3, 0.4) is 0 Å². The molecular weight excluding hydrogens is 519 g/mol. The zero-order chi connectivity index (χ0) is 22.3. The first-order valence-electron chi connectivity index (χ1n) is 10.8. The van der Waals surface area contributed by atoms with Crippen molar-refractivity contribution in [1.82, 2.24) is 25.1 Å². The smallest absolute Gasteiger partial charge is 0.407 e. The van der Waals surface area contributed by atoms with Crippen LogP contribution in [0.4, 0.5) is 4.79 Å². The molecule has 1 amide bonds. The zero-order valence-corrected chi connectivity index (χ0v) is 21.7. The van der Waals surface area contributed by atoms with Gasteiger partial charge in [-0.25, -0.2) is 9.78 Å². The first-order valence-corrected chi connectivity index (χ1v) is 10.8. The summed E-state index contributed by atoms with van der Waals surface area (Å²) in [6.07, 6.45) is 5.16. The Morgan fingerprint density at radius 1 is 1.28 bits per heavy atom. The van der Waals surface area contributed by atoms with Crippen molar-refractivity contribution in [2.75, 3.05) is 26.7 Å². The summed E-state index contributed by atoms with van der Waals surface area (Å²) in [5.41, 5.74) is 0.762. The lowest BCUT2D eigenvalue weighted by molar-refractivity contribution is 0.0507. The highest BCUT2D eigenvalue weighted by molar-refractivity contribution is 14.0. The number of carbonyl (C=O) groups excluding carboxylic acids is 1. The van der Waals surface area contributed by atoms with Crippen molar-refractivity contribution in [3.05, 3.63) is 54.1 Å². The van der Waals surface area contributed by atoms with Gasteiger partial charge in [-0.2, -0.15) is 0 Å². The monoisotopic (exact) mass is 554 g/mol. The number of imidazole rings is 1. The van der Waals surface area contributed by atoms with E-state index >= 15 is 0 Å². The predicted octanol–water partition coefficient (Wildman–Crippen LogP) is 3.27. The standard InChI is InChI=1S/C23H34N6O2.HI/c1-23(2,3)31-22(30)27-19-11-14-29(17-19)21(24-4)26-12-10-20-25-13-15-28(20)16-18-8-6-5-7-9-18;/h5-9,13,15,19H,10-12,14,16-17H2,1-4H3,(H,24,26)(H,27,30);1H. The van der Waals surface area contributed by atoms with E-state index in [0.717, 1.165) is 44.3 Å². The van der Waals surface area contributed by atoms with Crippen LogP contribution in [-0.2, 0) is 17.7 Å². The van der Waals surface area contributed by atoms with Crippen molar-refractivity contribution in [1.29, 1.82) is 0 Å². The lowest BCUT2D eigenvalue weighted by Crippen LogP contribution is -2.44. The highest BCUT2D eigenvalue weighted by Crippen LogP contribution is 2.12. The fourth-order valence-electron chi connectivity index (χ4n) is 3.66. The summed E-state index contributed by atoms with van der Waals surface area (Å²) in [4.78, 5) is 23.1. The number of aromatic nitrogens is 2. The van der Waals surface area contributed by atoms with Crippen molar-refractivity contribution in [2.45, 2.75) is 51.8 Å². The van der Waals surface area contributed by atoms with E-state index in [2.05, 4.69) is 54.3 Å². The Morgan fingerprint density at radius 3 is 2.72 bits per heavy atom. The summed E-state index contributed by atoms with van der Waals surface area (Å²) >= 11 is 0. The molecule has 0 radical (unpaired) electrons. The van der Waals surface area contributed by atoms with Crippen LogP contribution in [0.1, 0.15) is 38.6 Å². The van der Waals surface area contributed by atoms with Crippen LogP contribution in [-0.4, -0.2) is 64.8 Å². The molecule has 1 aromatic heterocycles. The minimum Gasteiger partial charge on any atom is -0.444 e. The number of carbonyl (C=O) groups is 1. The fourth-order valence-corrected chi connectivity index (χ4v) is 3.66. The van der Waals surface area contributed by atoms with E-state index in [9.17, 15) is 4.79 Å². The number of guanidine groups is 1. The van der Waals surface area contributed by atoms with Crippen molar-refractivity contribution in [3.8, 4) is 0 Å². The minimum atomic E-state index is -0.494. The van der Waals surface area contributed by atoms with Crippen LogP contribution in [0.15, 0.2) is 47.7 Å². The van der Waals surface area contributed by atoms with Gasteiger partial charge in [0.05, 0.1) is 6.04 Å². The molecule has 1 atom stereocenters. The number of aliphatic imine (C=N–C) groups is 1. The van der Waals surface area contributed by atoms with E-state index in [1.54, 1.807) is 7.05 Å². The number of amides is 1. The summed E-state index contributed by atoms with van der Waals surface area (Å²) in [5.74, 6) is 1.88. The molecule has 1 aromatic carbocycles. The molecule has 1 fully saturated rings. The van der Waals surface area contributed by atoms with Gasteiger partial charge in [-0.15, -0.1) is 24.0 Å². The first kappa shape index (κ1) is 26.0. The van der Waals surface area contributed by atoms with Crippen LogP contribution < -0.4 is 10.6 Å². The molecule has 176 valence electrons. The Bertz CT molecular complexity index is 878. The number of ether oxygens (including phenoxy) is 1. The normalized spacial score (nSPS) is 16.4. The Kier molecular flexibility index (Phi) is 9.80. The lowest BCUT2D eigenvalue weighted by Gasteiger charge is -2.23. The highest BCUT2D eigenvalue weighted by atomic mass is 127. The molecule has 3 rings (SSSR count). The second-order valence-electron chi connectivity index (χ2n) is 8.76. The predicted molar refractivity (Wildman–Crippen MR) is 138 cm³/mol. The summed E-state index contributed by atoms with van der Waals surface area (Å²) in [5, 5.41) is 6.39. The van der Waals surface area contributed by atoms with Gasteiger partial charge < -0.3 is 24.8 Å². The van der Waals surface area contributed by atoms with Crippen LogP contribution in [0.5, 0.6) is 0 Å². The van der Waals surface area contributed by atoms with Crippen LogP contribution >= 0.6 is 24.0 Å². The molecule has 1 saturated heterocycles. The minimum absolute atomic E-state index is 0. The van der Waals surface area contributed by atoms with E-state index in [4.69, 9.17) is 4.74 Å². The van der Waals surface area contributed by atoms with Crippen molar-refractivity contribution < 1.29 is 9.53 Å². The maximum Gasteiger partial charge on any atom is 0.407 e. The number of rotatable bonds is 6. The van der Waals surface area contributed by atoms with Gasteiger partial charge in [-0.1, -0.05) is 30.3 Å². The van der Waals surface area contributed by atoms with E-state index in [1.165, 1.54) is 5.56 Å². The SMILES string of the molecule is CN=C(NCCc1nccn1Cc1ccccc1)N1CCC(NC(=O)OC(C)(C)C)C1.I. The topological polar surface area (TPSA) is 83.8 Å². The zero-order valence-electron chi connectivity index (χ0n) is 19.4. The summed E-state index contributed by atoms with van der Waals surface area (Å²) in [7, 11) is 1.79. The average molecular weight is 554 g/mol. The Labute approximate surface area is 207 Å². The third-order valence-corrected chi connectivity index (χ3v) is 5.05. The molecule has 2 aromatic rings. The Morgan fingerprint density at radius 2 is 2.03 bits per heavy atom. The molecule has 1 aliphatic heterocycles. The first-order chi connectivity index (χ1) is 14.8. The van der Waals surface area contributed by atoms with Gasteiger partial charge in [-0.3, -0.25) is 4.99 Å². The summed E-state index contributed by atoms with van der Waals surface area (Å²) in [6, 6.07) is 10.4. The summed E-state index contributed by atoms with van der Waals surface area (Å²) < 4.78 is 7.53. The molecule has 1 unspecified atom stereocenters. The second kappa shape index (κ2) is 12.1. The average Bonchev–Trinajstić information content (AvgIpc) is 3.34. The van der Waals surface area contributed by atoms with E-state index in [0.29, 0.717) is 6.54 Å². The van der Waals surface area contributed by atoms with Gasteiger partial charge >= 0.3 is 6.09 Å². The number of nitrogens with one attached hydrogen (secondary N) is 2. The molecular formula is C23H35IN6O2. The molecule has 2 heterocycles. The molecule has 9 heteroatoms. The van der Waals surface area contributed by atoms with Gasteiger partial charge in [0.2, 0.25) is 0 Å². The van der Waals surface area contributed by atoms with E-state index in [1.807, 2.05) is 39.2 Å². The third kappa shape index (κ3) is 7.99. The Hall–Kier alpha value is -2.30. The van der Waals surface area contributed by atoms with Crippen molar-refractivity contribution in [2.24, 2.45) is 4.99 Å². The molecule has 0 spiro atoms. The maximum atomic E-state index is 12.0. The quantitative estimate of drug-likeness (QED) is 0.326. The molecule has 32 heavy (non-hydrogen) atoms. The van der Waals surface area contributed by atoms with Crippen LogP contribution in [0.25, 0.3) is 0 Å². The van der Waals surface area contributed by atoms with Gasteiger partial charge in [0.15, 0.2) is 5.96 Å². The number of nitrogens with zero attached hydrogens (tertiary/aromatic N) is 4. The van der Waals surface area contributed by atoms with Gasteiger partial charge in [0.25, 0.3) is 0 Å². The van der Waals surface area contributed by atoms with Crippen molar-refractivity contribution >= 4 is 36.0 Å². The third-order valence-electron chi connectivity index (χ3n) is 5.05. The molecule has 0 bridgehead atoms. The van der Waals surface area contributed by atoms with Gasteiger partial charge in [-0.05, 0) is 32.8 Å². The number of benzene rings is 1. The summed E-state index contributed by atoms with van der Waals surface area (Å²) in [6.45, 7) is 8.69. The van der Waals surface area contributed by atoms with Crippen LogP contribution in [0.2, 0.25) is 0 Å². The molecule has 8 nitrogen and oxygen atoms in total. The van der Waals surface area contributed by atoms with Gasteiger partial charge in [0.1, 0.15) is 11.4 Å². The highest BCUT2D eigenvalue weighted by Gasteiger charge is 2.27. The van der Waals surface area contributed by atoms with E-state index < -0.39 is 5.60 Å². The Balaban J connectivity index is 0.00000363. The second-order valence-corrected chi connectivity index (χ2v) is 8.76. The fraction of sp³-hybridized carbons (Fsp3) is 0.522. The largest absolute Gasteiger partial charge is 0.444 e. The molecule has 1 aliphatic rings. The van der Waals surface area contributed by atoms with Crippen molar-refractivity contribution in [3.63, 3.8) is 0 Å². The number of likely N-dealkylation sites (tertiary alicyclic amines) is 1. The maximum absolute atomic E-state index is 12.0. The molecule has 0 aliphatic carbocycles.